The molecular formula is C59H49FIrN4O-2. The first-order valence-electron chi connectivity index (χ1n) is 22.3. The maximum Gasteiger partial charge on any atom is 0.121 e. The number of para-hydroxylation sites is 2. The Hall–Kier alpha value is -6.79. The Labute approximate surface area is 398 Å². The van der Waals surface area contributed by atoms with Crippen LogP contribution >= 0.6 is 0 Å². The summed E-state index contributed by atoms with van der Waals surface area (Å²) in [4.78, 5) is 14.1. The first-order valence-corrected chi connectivity index (χ1v) is 22.3. The molecule has 0 saturated heterocycles. The van der Waals surface area contributed by atoms with Crippen LogP contribution in [-0.4, -0.2) is 19.5 Å². The summed E-state index contributed by atoms with van der Waals surface area (Å²) in [6, 6.07) is 57.6. The maximum absolute atomic E-state index is 16.0. The Morgan fingerprint density at radius 3 is 2.08 bits per heavy atom. The number of hydrogen-bond donors (Lipinski definition) is 0. The van der Waals surface area contributed by atoms with Crippen LogP contribution in [0.3, 0.4) is 0 Å². The normalized spacial score (nSPS) is 11.8. The third-order valence-corrected chi connectivity index (χ3v) is 12.3. The van der Waals surface area contributed by atoms with Gasteiger partial charge in [0.2, 0.25) is 0 Å². The van der Waals surface area contributed by atoms with Crippen LogP contribution in [0.1, 0.15) is 77.1 Å². The molecule has 0 saturated carbocycles. The van der Waals surface area contributed by atoms with E-state index < -0.39 is 0 Å². The van der Waals surface area contributed by atoms with Crippen molar-refractivity contribution in [2.24, 2.45) is 0 Å². The van der Waals surface area contributed by atoms with Gasteiger partial charge in [-0.3, -0.25) is 19.3 Å². The third-order valence-electron chi connectivity index (χ3n) is 12.3. The second kappa shape index (κ2) is 17.9. The molecule has 8 aromatic carbocycles. The van der Waals surface area contributed by atoms with Gasteiger partial charge in [-0.15, -0.1) is 48.0 Å². The van der Waals surface area contributed by atoms with Gasteiger partial charge in [0.05, 0.1) is 28.3 Å². The van der Waals surface area contributed by atoms with E-state index in [9.17, 15) is 0 Å². The number of halogens is 1. The number of fused-ring (bicyclic) bond motifs is 7. The molecule has 0 bridgehead atoms. The fraction of sp³-hybridized carbons (Fsp3) is 0.169. The van der Waals surface area contributed by atoms with Crippen LogP contribution in [0.4, 0.5) is 4.39 Å². The van der Waals surface area contributed by atoms with Gasteiger partial charge >= 0.3 is 0 Å². The van der Waals surface area contributed by atoms with Gasteiger partial charge in [-0.1, -0.05) is 133 Å². The van der Waals surface area contributed by atoms with Gasteiger partial charge in [0.15, 0.2) is 0 Å². The minimum absolute atomic E-state index is 0. The average molecular weight is 1040 g/mol. The van der Waals surface area contributed by atoms with E-state index in [4.69, 9.17) is 9.40 Å². The molecular weight excluding hydrogens is 992 g/mol. The van der Waals surface area contributed by atoms with Gasteiger partial charge in [0.25, 0.3) is 0 Å². The van der Waals surface area contributed by atoms with E-state index in [1.54, 1.807) is 0 Å². The van der Waals surface area contributed by atoms with Crippen molar-refractivity contribution in [2.45, 2.75) is 65.7 Å². The summed E-state index contributed by atoms with van der Waals surface area (Å²) < 4.78 is 24.9. The molecule has 0 fully saturated rings. The molecule has 0 atom stereocenters. The van der Waals surface area contributed by atoms with E-state index >= 15 is 4.39 Å². The van der Waals surface area contributed by atoms with Crippen LogP contribution in [0.25, 0.3) is 94.1 Å². The Morgan fingerprint density at radius 2 is 1.35 bits per heavy atom. The Morgan fingerprint density at radius 1 is 0.652 bits per heavy atom. The molecule has 329 valence electrons. The van der Waals surface area contributed by atoms with Crippen molar-refractivity contribution in [3.63, 3.8) is 0 Å². The zero-order valence-corrected chi connectivity index (χ0v) is 40.5. The average Bonchev–Trinajstić information content (AvgIpc) is 3.90. The molecule has 0 N–H and O–H groups in total. The largest absolute Gasteiger partial charge is 0.500 e. The van der Waals surface area contributed by atoms with E-state index in [1.165, 1.54) is 28.3 Å². The molecule has 3 heterocycles. The second-order valence-corrected chi connectivity index (χ2v) is 18.4. The molecule has 5 nitrogen and oxygen atoms in total. The first-order chi connectivity index (χ1) is 31.4. The van der Waals surface area contributed by atoms with Gasteiger partial charge in [0, 0.05) is 54.3 Å². The molecule has 0 aliphatic carbocycles. The van der Waals surface area contributed by atoms with Gasteiger partial charge in [-0.25, -0.2) is 0 Å². The number of imidazole rings is 1. The minimum Gasteiger partial charge on any atom is -0.500 e. The number of hydrogen-bond acceptors (Lipinski definition) is 4. The first kappa shape index (κ1) is 44.4. The molecule has 0 aliphatic rings. The number of furan rings is 1. The molecule has 0 amide bonds. The number of rotatable bonds is 6. The van der Waals surface area contributed by atoms with E-state index in [1.807, 2.05) is 66.9 Å². The van der Waals surface area contributed by atoms with Crippen molar-refractivity contribution in [1.29, 1.82) is 0 Å². The topological polar surface area (TPSA) is 56.7 Å². The maximum atomic E-state index is 16.0. The second-order valence-electron chi connectivity index (χ2n) is 18.4. The number of nitrogens with zero attached hydrogens (tertiary/aromatic N) is 4. The van der Waals surface area contributed by atoms with Crippen molar-refractivity contribution < 1.29 is 28.9 Å². The molecule has 11 aromatic rings. The summed E-state index contributed by atoms with van der Waals surface area (Å²) in [5, 5.41) is 5.59. The van der Waals surface area contributed by atoms with E-state index in [0.717, 1.165) is 60.7 Å². The molecule has 1 radical (unpaired) electrons. The SMILES string of the molecule is CC(C)(C)c1ccnc(-c2[c-]cccc2)n1.CC(C)c1cc(-c2ccccc2)cc(C(C)C)c1-n1c(-c2[c-]cc(F)c3c2oc2cc4c(ccc5ccccc54)cc23)nc2ccccc21.[Ir]. The smallest absolute Gasteiger partial charge is 0.121 e. The van der Waals surface area contributed by atoms with Crippen LogP contribution in [0, 0.1) is 17.9 Å². The predicted octanol–water partition coefficient (Wildman–Crippen LogP) is 16.0. The molecule has 0 spiro atoms. The monoisotopic (exact) mass is 1040 g/mol. The van der Waals surface area contributed by atoms with Crippen LogP contribution in [0.5, 0.6) is 0 Å². The van der Waals surface area contributed by atoms with Crippen LogP contribution < -0.4 is 0 Å². The number of benzene rings is 8. The quantitative estimate of drug-likeness (QED) is 0.123. The van der Waals surface area contributed by atoms with E-state index in [-0.39, 0.29) is 43.2 Å². The molecule has 11 rings (SSSR count). The Bertz CT molecular complexity index is 3520. The molecule has 0 unspecified atom stereocenters. The summed E-state index contributed by atoms with van der Waals surface area (Å²) in [7, 11) is 0. The van der Waals surface area contributed by atoms with Crippen molar-refractivity contribution in [1.82, 2.24) is 19.5 Å². The zero-order valence-electron chi connectivity index (χ0n) is 38.1. The van der Waals surface area contributed by atoms with Crippen molar-refractivity contribution in [3.05, 3.63) is 193 Å². The minimum atomic E-state index is -0.363. The standard InChI is InChI=1S/C45H34FN2O.C14H15N2.Ir/c1-26(2)34-23-31(28-12-6-5-7-13-28)24-35(27(3)4)43(34)48-40-17-11-10-16-39(40)47-45(48)33-20-21-38(46)42-37-22-30-19-18-29-14-8-9-15-32(29)36(30)25-41(37)49-44(33)42;1-14(2,3)12-9-10-15-13(16-12)11-7-5-4-6-8-11;/h5-19,21-27H,1-4H3;4-7,9-10H,1-3H3;/q2*-1;. The van der Waals surface area contributed by atoms with Crippen LogP contribution in [0.2, 0.25) is 0 Å². The summed E-state index contributed by atoms with van der Waals surface area (Å²) in [5.74, 6) is 1.49. The van der Waals surface area contributed by atoms with Crippen molar-refractivity contribution >= 4 is 54.5 Å². The number of aromatic nitrogens is 4. The molecule has 0 aliphatic heterocycles. The summed E-state index contributed by atoms with van der Waals surface area (Å²) in [5.41, 5.74) is 11.5. The fourth-order valence-corrected chi connectivity index (χ4v) is 8.92. The van der Waals surface area contributed by atoms with Gasteiger partial charge in [0.1, 0.15) is 5.58 Å². The van der Waals surface area contributed by atoms with Gasteiger partial charge < -0.3 is 8.98 Å². The third kappa shape index (κ3) is 8.12. The van der Waals surface area contributed by atoms with E-state index in [2.05, 4.69) is 160 Å². The summed E-state index contributed by atoms with van der Waals surface area (Å²) in [6.45, 7) is 15.4. The Kier molecular flexibility index (Phi) is 12.0. The Balaban J connectivity index is 0.000000273. The summed E-state index contributed by atoms with van der Waals surface area (Å²) >= 11 is 0. The predicted molar refractivity (Wildman–Crippen MR) is 266 cm³/mol. The van der Waals surface area contributed by atoms with Crippen LogP contribution in [0.15, 0.2) is 162 Å². The van der Waals surface area contributed by atoms with Crippen molar-refractivity contribution in [2.75, 3.05) is 0 Å². The van der Waals surface area contributed by atoms with Gasteiger partial charge in [-0.2, -0.15) is 0 Å². The fourth-order valence-electron chi connectivity index (χ4n) is 8.92. The van der Waals surface area contributed by atoms with Crippen molar-refractivity contribution in [3.8, 4) is 39.6 Å². The zero-order chi connectivity index (χ0) is 45.0. The molecule has 7 heteroatoms. The van der Waals surface area contributed by atoms with E-state index in [0.29, 0.717) is 27.9 Å². The van der Waals surface area contributed by atoms with Crippen LogP contribution in [-0.2, 0) is 25.5 Å². The van der Waals surface area contributed by atoms with Gasteiger partial charge in [-0.05, 0) is 103 Å². The molecule has 66 heavy (non-hydrogen) atoms. The molecule has 3 aromatic heterocycles. The summed E-state index contributed by atoms with van der Waals surface area (Å²) in [6.07, 6.45) is 1.81.